The van der Waals surface area contributed by atoms with Crippen LogP contribution in [0.4, 0.5) is 0 Å². The third-order valence-corrected chi connectivity index (χ3v) is 7.69. The van der Waals surface area contributed by atoms with Gasteiger partial charge in [0.1, 0.15) is 6.29 Å². The lowest BCUT2D eigenvalue weighted by atomic mass is 9.69. The van der Waals surface area contributed by atoms with Crippen molar-refractivity contribution < 1.29 is 4.79 Å². The summed E-state index contributed by atoms with van der Waals surface area (Å²) in [7, 11) is 4.40. The lowest BCUT2D eigenvalue weighted by Crippen LogP contribution is -2.39. The van der Waals surface area contributed by atoms with E-state index in [4.69, 9.17) is 0 Å². The van der Waals surface area contributed by atoms with E-state index in [1.165, 1.54) is 80.9 Å². The highest BCUT2D eigenvalue weighted by molar-refractivity contribution is 5.68. The SMILES string of the molecule is Cc1ccc(C2(C=O)CCCCC2)cc1.Cc1ccc(C2(CN(C)C)CCCCC2)cc1. The zero-order chi connectivity index (χ0) is 23.0. The molecular formula is C30H43NO. The summed E-state index contributed by atoms with van der Waals surface area (Å²) < 4.78 is 0. The molecule has 2 heteroatoms. The maximum absolute atomic E-state index is 11.4. The van der Waals surface area contributed by atoms with Crippen LogP contribution < -0.4 is 0 Å². The van der Waals surface area contributed by atoms with Crippen molar-refractivity contribution in [1.29, 1.82) is 0 Å². The maximum atomic E-state index is 11.4. The molecule has 2 aromatic carbocycles. The van der Waals surface area contributed by atoms with E-state index in [9.17, 15) is 4.79 Å². The number of hydrogen-bond donors (Lipinski definition) is 0. The van der Waals surface area contributed by atoms with Gasteiger partial charge in [-0.05, 0) is 64.8 Å². The predicted octanol–water partition coefficient (Wildman–Crippen LogP) is 7.15. The van der Waals surface area contributed by atoms with Crippen LogP contribution in [-0.2, 0) is 15.6 Å². The number of rotatable bonds is 5. The number of carbonyl (C=O) groups is 1. The van der Waals surface area contributed by atoms with E-state index in [0.29, 0.717) is 5.41 Å². The summed E-state index contributed by atoms with van der Waals surface area (Å²) in [4.78, 5) is 13.7. The minimum absolute atomic E-state index is 0.175. The molecule has 0 atom stereocenters. The summed E-state index contributed by atoms with van der Waals surface area (Å²) in [6, 6.07) is 17.7. The van der Waals surface area contributed by atoms with E-state index in [1.54, 1.807) is 5.56 Å². The molecule has 32 heavy (non-hydrogen) atoms. The molecule has 0 N–H and O–H groups in total. The van der Waals surface area contributed by atoms with E-state index < -0.39 is 0 Å². The Morgan fingerprint density at radius 1 is 0.688 bits per heavy atom. The van der Waals surface area contributed by atoms with Gasteiger partial charge in [-0.3, -0.25) is 0 Å². The molecule has 2 fully saturated rings. The van der Waals surface area contributed by atoms with Crippen LogP contribution in [0, 0.1) is 13.8 Å². The first-order chi connectivity index (χ1) is 15.4. The molecule has 2 nitrogen and oxygen atoms in total. The van der Waals surface area contributed by atoms with Gasteiger partial charge >= 0.3 is 0 Å². The van der Waals surface area contributed by atoms with Gasteiger partial charge in [0, 0.05) is 12.0 Å². The summed E-state index contributed by atoms with van der Waals surface area (Å²) in [6.07, 6.45) is 13.8. The fourth-order valence-corrected chi connectivity index (χ4v) is 5.82. The smallest absolute Gasteiger partial charge is 0.130 e. The Kier molecular flexibility index (Phi) is 8.71. The first kappa shape index (κ1) is 24.7. The number of nitrogens with zero attached hydrogens (tertiary/aromatic N) is 1. The van der Waals surface area contributed by atoms with Crippen LogP contribution in [0.3, 0.4) is 0 Å². The molecule has 2 saturated carbocycles. The predicted molar refractivity (Wildman–Crippen MR) is 137 cm³/mol. The van der Waals surface area contributed by atoms with Gasteiger partial charge in [0.15, 0.2) is 0 Å². The van der Waals surface area contributed by atoms with E-state index in [0.717, 1.165) is 12.8 Å². The standard InChI is InChI=1S/C16H25N.C14H18O/c1-14-7-9-15(10-8-14)16(13-17(2)3)11-5-4-6-12-16;1-12-5-7-13(8-6-12)14(11-15)9-3-2-4-10-14/h7-10H,4-6,11-13H2,1-3H3;5-8,11H,2-4,9-10H2,1H3. The molecule has 0 amide bonds. The quantitative estimate of drug-likeness (QED) is 0.466. The Morgan fingerprint density at radius 3 is 1.56 bits per heavy atom. The third-order valence-electron chi connectivity index (χ3n) is 7.69. The Morgan fingerprint density at radius 2 is 1.12 bits per heavy atom. The highest BCUT2D eigenvalue weighted by Gasteiger charge is 2.34. The highest BCUT2D eigenvalue weighted by atomic mass is 16.1. The molecule has 0 aromatic heterocycles. The molecule has 4 rings (SSSR count). The van der Waals surface area contributed by atoms with Crippen LogP contribution >= 0.6 is 0 Å². The van der Waals surface area contributed by atoms with Crippen molar-refractivity contribution in [3.63, 3.8) is 0 Å². The first-order valence-corrected chi connectivity index (χ1v) is 12.6. The minimum atomic E-state index is -0.175. The highest BCUT2D eigenvalue weighted by Crippen LogP contribution is 2.40. The van der Waals surface area contributed by atoms with Crippen LogP contribution in [0.25, 0.3) is 0 Å². The Bertz CT molecular complexity index is 822. The van der Waals surface area contributed by atoms with Gasteiger partial charge in [-0.1, -0.05) is 98.2 Å². The van der Waals surface area contributed by atoms with Gasteiger partial charge in [0.05, 0.1) is 5.41 Å². The fraction of sp³-hybridized carbons (Fsp3) is 0.567. The third kappa shape index (κ3) is 6.10. The summed E-state index contributed by atoms with van der Waals surface area (Å²) in [6.45, 7) is 5.44. The van der Waals surface area contributed by atoms with E-state index in [1.807, 2.05) is 0 Å². The molecule has 2 aliphatic rings. The molecule has 0 spiro atoms. The Hall–Kier alpha value is -1.93. The lowest BCUT2D eigenvalue weighted by molar-refractivity contribution is -0.113. The van der Waals surface area contributed by atoms with Crippen molar-refractivity contribution in [1.82, 2.24) is 4.90 Å². The second-order valence-corrected chi connectivity index (χ2v) is 10.6. The van der Waals surface area contributed by atoms with Crippen molar-refractivity contribution in [3.05, 3.63) is 70.8 Å². The molecular weight excluding hydrogens is 390 g/mol. The van der Waals surface area contributed by atoms with E-state index in [-0.39, 0.29) is 5.41 Å². The van der Waals surface area contributed by atoms with Crippen molar-refractivity contribution in [2.75, 3.05) is 20.6 Å². The van der Waals surface area contributed by atoms with Crippen molar-refractivity contribution in [2.24, 2.45) is 0 Å². The zero-order valence-corrected chi connectivity index (χ0v) is 20.8. The van der Waals surface area contributed by atoms with Crippen LogP contribution in [0.5, 0.6) is 0 Å². The molecule has 0 bridgehead atoms. The zero-order valence-electron chi connectivity index (χ0n) is 20.8. The second kappa shape index (κ2) is 11.3. The summed E-state index contributed by atoms with van der Waals surface area (Å²) >= 11 is 0. The maximum Gasteiger partial charge on any atom is 0.130 e. The second-order valence-electron chi connectivity index (χ2n) is 10.6. The van der Waals surface area contributed by atoms with Crippen LogP contribution in [0.2, 0.25) is 0 Å². The Balaban J connectivity index is 0.000000182. The lowest BCUT2D eigenvalue weighted by Gasteiger charge is -2.40. The number of aldehydes is 1. The molecule has 0 heterocycles. The minimum Gasteiger partial charge on any atom is -0.309 e. The van der Waals surface area contributed by atoms with Gasteiger partial charge in [0.2, 0.25) is 0 Å². The molecule has 174 valence electrons. The summed E-state index contributed by atoms with van der Waals surface area (Å²) in [5, 5.41) is 0. The molecule has 0 aliphatic heterocycles. The average molecular weight is 434 g/mol. The van der Waals surface area contributed by atoms with Gasteiger partial charge in [0.25, 0.3) is 0 Å². The molecule has 2 aliphatic carbocycles. The van der Waals surface area contributed by atoms with Crippen LogP contribution in [0.15, 0.2) is 48.5 Å². The van der Waals surface area contributed by atoms with Gasteiger partial charge < -0.3 is 9.69 Å². The van der Waals surface area contributed by atoms with E-state index in [2.05, 4.69) is 81.4 Å². The first-order valence-electron chi connectivity index (χ1n) is 12.6. The van der Waals surface area contributed by atoms with Crippen LogP contribution in [0.1, 0.15) is 86.5 Å². The van der Waals surface area contributed by atoms with Crippen molar-refractivity contribution in [3.8, 4) is 0 Å². The Labute approximate surface area is 196 Å². The number of aryl methyl sites for hydroxylation is 2. The van der Waals surface area contributed by atoms with Crippen molar-refractivity contribution in [2.45, 2.75) is 88.9 Å². The number of likely N-dealkylation sites (N-methyl/N-ethyl adjacent to an activating group) is 1. The molecule has 0 unspecified atom stereocenters. The molecule has 2 aromatic rings. The average Bonchev–Trinajstić information content (AvgIpc) is 2.81. The van der Waals surface area contributed by atoms with Gasteiger partial charge in [-0.25, -0.2) is 0 Å². The normalized spacial score (nSPS) is 19.7. The largest absolute Gasteiger partial charge is 0.309 e. The topological polar surface area (TPSA) is 20.3 Å². The molecule has 0 radical (unpaired) electrons. The number of carbonyl (C=O) groups excluding carboxylic acids is 1. The summed E-state index contributed by atoms with van der Waals surface area (Å²) in [5.41, 5.74) is 5.63. The van der Waals surface area contributed by atoms with Crippen LogP contribution in [-0.4, -0.2) is 31.8 Å². The molecule has 0 saturated heterocycles. The fourth-order valence-electron chi connectivity index (χ4n) is 5.82. The van der Waals surface area contributed by atoms with Crippen molar-refractivity contribution >= 4 is 6.29 Å². The van der Waals surface area contributed by atoms with Gasteiger partial charge in [-0.15, -0.1) is 0 Å². The summed E-state index contributed by atoms with van der Waals surface area (Å²) in [5.74, 6) is 0. The number of hydrogen-bond acceptors (Lipinski definition) is 2. The van der Waals surface area contributed by atoms with Gasteiger partial charge in [-0.2, -0.15) is 0 Å². The monoisotopic (exact) mass is 433 g/mol. The van der Waals surface area contributed by atoms with E-state index >= 15 is 0 Å². The number of benzene rings is 2.